The van der Waals surface area contributed by atoms with E-state index in [9.17, 15) is 4.79 Å². The average Bonchev–Trinajstić information content (AvgIpc) is 2.43. The molecule has 0 aliphatic carbocycles. The minimum absolute atomic E-state index is 0.0311. The maximum Gasteiger partial charge on any atom is 0.257 e. The zero-order chi connectivity index (χ0) is 13.5. The molecule has 100 valence electrons. The first-order chi connectivity index (χ1) is 8.67. The highest BCUT2D eigenvalue weighted by Gasteiger charge is 2.18. The van der Waals surface area contributed by atoms with Gasteiger partial charge >= 0.3 is 0 Å². The van der Waals surface area contributed by atoms with Crippen molar-refractivity contribution >= 4 is 21.8 Å². The zero-order valence-corrected chi connectivity index (χ0v) is 12.5. The van der Waals surface area contributed by atoms with Crippen molar-refractivity contribution < 1.29 is 14.3 Å². The van der Waals surface area contributed by atoms with Crippen LogP contribution in [-0.2, 0) is 0 Å². The topological polar surface area (TPSA) is 38.8 Å². The van der Waals surface area contributed by atoms with Gasteiger partial charge in [-0.2, -0.15) is 0 Å². The molecule has 0 saturated heterocycles. The summed E-state index contributed by atoms with van der Waals surface area (Å²) in [5, 5.41) is 0.755. The predicted octanol–water partition coefficient (Wildman–Crippen LogP) is 2.56. The van der Waals surface area contributed by atoms with Crippen LogP contribution in [0.4, 0.5) is 0 Å². The number of hydrogen-bond acceptors (Lipinski definition) is 3. The van der Waals surface area contributed by atoms with Gasteiger partial charge in [-0.25, -0.2) is 0 Å². The van der Waals surface area contributed by atoms with Gasteiger partial charge in [-0.3, -0.25) is 4.79 Å². The van der Waals surface area contributed by atoms with Crippen LogP contribution in [0, 0.1) is 0 Å². The fraction of sp³-hybridized carbons (Fsp3) is 0.462. The lowest BCUT2D eigenvalue weighted by atomic mass is 10.1. The van der Waals surface area contributed by atoms with Gasteiger partial charge in [0.1, 0.15) is 11.5 Å². The van der Waals surface area contributed by atoms with Crippen molar-refractivity contribution in [2.45, 2.75) is 6.92 Å². The number of rotatable bonds is 6. The third-order valence-electron chi connectivity index (χ3n) is 2.66. The second-order valence-corrected chi connectivity index (χ2v) is 4.43. The molecule has 0 aliphatic rings. The Morgan fingerprint density at radius 1 is 1.33 bits per heavy atom. The van der Waals surface area contributed by atoms with E-state index in [1.807, 2.05) is 6.92 Å². The van der Waals surface area contributed by atoms with Crippen molar-refractivity contribution in [2.75, 3.05) is 32.6 Å². The SMILES string of the molecule is CCN(CCBr)C(=O)c1ccc(OC)cc1OC. The van der Waals surface area contributed by atoms with Crippen LogP contribution in [0.3, 0.4) is 0 Å². The van der Waals surface area contributed by atoms with Crippen LogP contribution in [0.5, 0.6) is 11.5 Å². The first-order valence-electron chi connectivity index (χ1n) is 5.75. The Labute approximate surface area is 116 Å². The van der Waals surface area contributed by atoms with Gasteiger partial charge in [-0.05, 0) is 19.1 Å². The highest BCUT2D eigenvalue weighted by atomic mass is 79.9. The molecule has 1 amide bonds. The van der Waals surface area contributed by atoms with Crippen LogP contribution in [0.15, 0.2) is 18.2 Å². The van der Waals surface area contributed by atoms with Gasteiger partial charge in [0.2, 0.25) is 0 Å². The fourth-order valence-electron chi connectivity index (χ4n) is 1.65. The van der Waals surface area contributed by atoms with Gasteiger partial charge in [-0.15, -0.1) is 0 Å². The summed E-state index contributed by atoms with van der Waals surface area (Å²) in [5.74, 6) is 1.18. The van der Waals surface area contributed by atoms with Gasteiger partial charge in [0.05, 0.1) is 19.8 Å². The number of ether oxygens (including phenoxy) is 2. The van der Waals surface area contributed by atoms with E-state index < -0.39 is 0 Å². The normalized spacial score (nSPS) is 10.0. The van der Waals surface area contributed by atoms with Crippen LogP contribution in [-0.4, -0.2) is 43.4 Å². The van der Waals surface area contributed by atoms with Crippen molar-refractivity contribution in [1.82, 2.24) is 4.90 Å². The van der Waals surface area contributed by atoms with Crippen LogP contribution < -0.4 is 9.47 Å². The minimum atomic E-state index is -0.0311. The third-order valence-corrected chi connectivity index (χ3v) is 3.02. The molecule has 0 fully saturated rings. The van der Waals surface area contributed by atoms with Crippen molar-refractivity contribution in [1.29, 1.82) is 0 Å². The summed E-state index contributed by atoms with van der Waals surface area (Å²) in [7, 11) is 3.13. The quantitative estimate of drug-likeness (QED) is 0.757. The molecule has 0 spiro atoms. The summed E-state index contributed by atoms with van der Waals surface area (Å²) in [6.45, 7) is 3.29. The monoisotopic (exact) mass is 315 g/mol. The Morgan fingerprint density at radius 2 is 2.06 bits per heavy atom. The zero-order valence-electron chi connectivity index (χ0n) is 10.9. The highest BCUT2D eigenvalue weighted by molar-refractivity contribution is 9.09. The second kappa shape index (κ2) is 7.26. The Morgan fingerprint density at radius 3 is 2.56 bits per heavy atom. The molecule has 1 aromatic carbocycles. The molecule has 0 saturated carbocycles. The number of carbonyl (C=O) groups is 1. The van der Waals surface area contributed by atoms with Gasteiger partial charge in [-0.1, -0.05) is 15.9 Å². The number of alkyl halides is 1. The molecule has 0 radical (unpaired) electrons. The maximum absolute atomic E-state index is 12.3. The van der Waals surface area contributed by atoms with E-state index in [0.717, 1.165) is 5.33 Å². The molecule has 18 heavy (non-hydrogen) atoms. The first kappa shape index (κ1) is 14.8. The van der Waals surface area contributed by atoms with Gasteiger partial charge < -0.3 is 14.4 Å². The largest absolute Gasteiger partial charge is 0.497 e. The number of halogens is 1. The van der Waals surface area contributed by atoms with E-state index in [0.29, 0.717) is 30.2 Å². The summed E-state index contributed by atoms with van der Waals surface area (Å²) in [6.07, 6.45) is 0. The highest BCUT2D eigenvalue weighted by Crippen LogP contribution is 2.25. The molecule has 0 atom stereocenters. The number of hydrogen-bond donors (Lipinski definition) is 0. The van der Waals surface area contributed by atoms with Crippen LogP contribution in [0.25, 0.3) is 0 Å². The van der Waals surface area contributed by atoms with E-state index in [1.165, 1.54) is 0 Å². The average molecular weight is 316 g/mol. The van der Waals surface area contributed by atoms with E-state index in [2.05, 4.69) is 15.9 Å². The molecule has 0 aromatic heterocycles. The Kier molecular flexibility index (Phi) is 5.98. The third kappa shape index (κ3) is 3.38. The molecular formula is C13H18BrNO3. The van der Waals surface area contributed by atoms with Gasteiger partial charge in [0, 0.05) is 24.5 Å². The Bertz CT molecular complexity index is 409. The Balaban J connectivity index is 3.03. The second-order valence-electron chi connectivity index (χ2n) is 3.64. The molecule has 4 nitrogen and oxygen atoms in total. The lowest BCUT2D eigenvalue weighted by Gasteiger charge is -2.21. The molecule has 0 N–H and O–H groups in total. The van der Waals surface area contributed by atoms with E-state index in [1.54, 1.807) is 37.3 Å². The summed E-state index contributed by atoms with van der Waals surface area (Å²) in [4.78, 5) is 14.1. The predicted molar refractivity (Wildman–Crippen MR) is 74.9 cm³/mol. The maximum atomic E-state index is 12.3. The van der Waals surface area contributed by atoms with E-state index in [4.69, 9.17) is 9.47 Å². The number of carbonyl (C=O) groups excluding carboxylic acids is 1. The van der Waals surface area contributed by atoms with Crippen LogP contribution >= 0.6 is 15.9 Å². The van der Waals surface area contributed by atoms with Crippen LogP contribution in [0.1, 0.15) is 17.3 Å². The molecule has 1 aromatic rings. The summed E-state index contributed by atoms with van der Waals surface area (Å²) in [5.41, 5.74) is 0.557. The number of nitrogens with zero attached hydrogens (tertiary/aromatic N) is 1. The van der Waals surface area contributed by atoms with Gasteiger partial charge in [0.25, 0.3) is 5.91 Å². The lowest BCUT2D eigenvalue weighted by molar-refractivity contribution is 0.0771. The van der Waals surface area contributed by atoms with Crippen molar-refractivity contribution in [2.24, 2.45) is 0 Å². The fourth-order valence-corrected chi connectivity index (χ4v) is 2.08. The summed E-state index contributed by atoms with van der Waals surface area (Å²) in [6, 6.07) is 5.21. The molecule has 0 bridgehead atoms. The number of amides is 1. The molecule has 5 heteroatoms. The molecular weight excluding hydrogens is 298 g/mol. The smallest absolute Gasteiger partial charge is 0.257 e. The molecule has 0 heterocycles. The first-order valence-corrected chi connectivity index (χ1v) is 6.87. The minimum Gasteiger partial charge on any atom is -0.497 e. The van der Waals surface area contributed by atoms with E-state index >= 15 is 0 Å². The van der Waals surface area contributed by atoms with Crippen molar-refractivity contribution in [3.05, 3.63) is 23.8 Å². The van der Waals surface area contributed by atoms with Gasteiger partial charge in [0.15, 0.2) is 0 Å². The summed E-state index contributed by atoms with van der Waals surface area (Å²) >= 11 is 3.34. The van der Waals surface area contributed by atoms with Crippen LogP contribution in [0.2, 0.25) is 0 Å². The number of benzene rings is 1. The molecule has 0 unspecified atom stereocenters. The van der Waals surface area contributed by atoms with Crippen molar-refractivity contribution in [3.8, 4) is 11.5 Å². The lowest BCUT2D eigenvalue weighted by Crippen LogP contribution is -2.32. The molecule has 1 rings (SSSR count). The Hall–Kier alpha value is -1.23. The standard InChI is InChI=1S/C13H18BrNO3/c1-4-15(8-7-14)13(16)11-6-5-10(17-2)9-12(11)18-3/h5-6,9H,4,7-8H2,1-3H3. The van der Waals surface area contributed by atoms with Crippen molar-refractivity contribution in [3.63, 3.8) is 0 Å². The number of methoxy groups -OCH3 is 2. The summed E-state index contributed by atoms with van der Waals surface area (Å²) < 4.78 is 10.4. The molecule has 0 aliphatic heterocycles. The van der Waals surface area contributed by atoms with E-state index in [-0.39, 0.29) is 5.91 Å².